The Morgan fingerprint density at radius 1 is 0.891 bits per heavy atom. The lowest BCUT2D eigenvalue weighted by molar-refractivity contribution is -0.149. The molecule has 3 aliphatic rings. The molecule has 3 atom stereocenters. The topological polar surface area (TPSA) is 102 Å². The first kappa shape index (κ1) is 32.9. The molecule has 46 heavy (non-hydrogen) atoms. The predicted molar refractivity (Wildman–Crippen MR) is 174 cm³/mol. The van der Waals surface area contributed by atoms with Gasteiger partial charge in [0.25, 0.3) is 5.92 Å². The number of rotatable bonds is 10. The van der Waals surface area contributed by atoms with Crippen LogP contribution in [0, 0.1) is 5.92 Å². The van der Waals surface area contributed by atoms with Gasteiger partial charge in [0, 0.05) is 28.7 Å². The first-order valence-corrected chi connectivity index (χ1v) is 17.9. The minimum absolute atomic E-state index is 0.128. The Morgan fingerprint density at radius 3 is 2.04 bits per heavy atom. The normalized spacial score (nSPS) is 22.9. The molecular formula is C35H40ClF2N3O4S. The highest BCUT2D eigenvalue weighted by atomic mass is 35.5. The van der Waals surface area contributed by atoms with E-state index in [1.807, 2.05) is 0 Å². The maximum atomic E-state index is 16.5. The average Bonchev–Trinajstić information content (AvgIpc) is 3.33. The average molecular weight is 672 g/mol. The fourth-order valence-electron chi connectivity index (χ4n) is 7.21. The van der Waals surface area contributed by atoms with Crippen LogP contribution in [0.5, 0.6) is 5.75 Å². The van der Waals surface area contributed by atoms with E-state index < -0.39 is 33.5 Å². The van der Waals surface area contributed by atoms with Gasteiger partial charge in [-0.1, -0.05) is 67.3 Å². The van der Waals surface area contributed by atoms with Crippen LogP contribution in [0.2, 0.25) is 5.02 Å². The monoisotopic (exact) mass is 671 g/mol. The number of ether oxygens (including phenoxy) is 1. The standard InChI is InChI=1S/C35H40ClF2N3O4S/c36-27-12-8-25(9-13-27)24-6-10-26(11-7-24)35(37,38)33(34(42)41-29-14-15-30(41)21-28(39)20-29)40-46(43,44)32-18-16-31(17-19-32)45-22-23-4-2-1-3-5-23/h6-13,16-19,23,28-30,33,40H,1-5,14-15,20-22,39H2/t28?,29?,30?,33-/m0/s1. The molecule has 6 rings (SSSR count). The van der Waals surface area contributed by atoms with E-state index in [2.05, 4.69) is 4.72 Å². The van der Waals surface area contributed by atoms with Crippen LogP contribution in [0.1, 0.15) is 63.4 Å². The number of alkyl halides is 2. The van der Waals surface area contributed by atoms with Crippen molar-refractivity contribution in [2.24, 2.45) is 11.7 Å². The second-order valence-electron chi connectivity index (χ2n) is 12.9. The molecule has 3 aromatic carbocycles. The number of sulfonamides is 1. The third kappa shape index (κ3) is 7.10. The van der Waals surface area contributed by atoms with Gasteiger partial charge in [-0.15, -0.1) is 0 Å². The molecule has 3 N–H and O–H groups in total. The molecule has 0 radical (unpaired) electrons. The number of hydrogen-bond acceptors (Lipinski definition) is 5. The van der Waals surface area contributed by atoms with Crippen LogP contribution in [-0.2, 0) is 20.7 Å². The predicted octanol–water partition coefficient (Wildman–Crippen LogP) is 6.89. The van der Waals surface area contributed by atoms with Crippen molar-refractivity contribution < 1.29 is 26.7 Å². The number of benzene rings is 3. The van der Waals surface area contributed by atoms with Gasteiger partial charge in [-0.3, -0.25) is 4.79 Å². The molecule has 1 saturated carbocycles. The van der Waals surface area contributed by atoms with E-state index in [0.717, 1.165) is 18.4 Å². The highest BCUT2D eigenvalue weighted by molar-refractivity contribution is 7.89. The third-order valence-electron chi connectivity index (χ3n) is 9.70. The summed E-state index contributed by atoms with van der Waals surface area (Å²) in [6.45, 7) is 0.547. The van der Waals surface area contributed by atoms with Crippen molar-refractivity contribution in [2.45, 2.75) is 92.8 Å². The minimum atomic E-state index is -4.54. The lowest BCUT2D eigenvalue weighted by Crippen LogP contribution is -2.60. The Morgan fingerprint density at radius 2 is 1.46 bits per heavy atom. The van der Waals surface area contributed by atoms with Gasteiger partial charge in [0.1, 0.15) is 5.75 Å². The molecule has 11 heteroatoms. The van der Waals surface area contributed by atoms with Gasteiger partial charge in [-0.25, -0.2) is 8.42 Å². The van der Waals surface area contributed by atoms with Crippen molar-refractivity contribution in [3.05, 3.63) is 83.4 Å². The summed E-state index contributed by atoms with van der Waals surface area (Å²) in [4.78, 5) is 15.3. The lowest BCUT2D eigenvalue weighted by Gasteiger charge is -2.41. The number of fused-ring (bicyclic) bond motifs is 2. The molecule has 0 spiro atoms. The first-order valence-electron chi connectivity index (χ1n) is 16.1. The molecule has 7 nitrogen and oxygen atoms in total. The third-order valence-corrected chi connectivity index (χ3v) is 11.4. The molecular weight excluding hydrogens is 632 g/mol. The van der Waals surface area contributed by atoms with Crippen molar-refractivity contribution >= 4 is 27.5 Å². The quantitative estimate of drug-likeness (QED) is 0.245. The summed E-state index contributed by atoms with van der Waals surface area (Å²) in [5, 5.41) is 0.551. The van der Waals surface area contributed by atoms with Gasteiger partial charge in [0.15, 0.2) is 6.04 Å². The molecule has 3 fully saturated rings. The second kappa shape index (κ2) is 13.6. The lowest BCUT2D eigenvalue weighted by atomic mass is 9.90. The number of carbonyl (C=O) groups excluding carboxylic acids is 1. The Balaban J connectivity index is 1.26. The van der Waals surface area contributed by atoms with Crippen LogP contribution in [-0.4, -0.2) is 50.0 Å². The smallest absolute Gasteiger partial charge is 0.298 e. The first-order chi connectivity index (χ1) is 22.0. The maximum absolute atomic E-state index is 16.5. The Hall–Kier alpha value is -3.05. The molecule has 2 bridgehead atoms. The Kier molecular flexibility index (Phi) is 9.71. The number of nitrogens with zero attached hydrogens (tertiary/aromatic N) is 1. The highest BCUT2D eigenvalue weighted by Gasteiger charge is 2.53. The summed E-state index contributed by atoms with van der Waals surface area (Å²) in [5.74, 6) is -3.84. The van der Waals surface area contributed by atoms with Crippen LogP contribution in [0.3, 0.4) is 0 Å². The molecule has 2 aliphatic heterocycles. The molecule has 1 aliphatic carbocycles. The van der Waals surface area contributed by atoms with Crippen molar-refractivity contribution in [1.82, 2.24) is 9.62 Å². The van der Waals surface area contributed by atoms with E-state index in [4.69, 9.17) is 22.1 Å². The Labute approximate surface area is 274 Å². The highest BCUT2D eigenvalue weighted by Crippen LogP contribution is 2.40. The van der Waals surface area contributed by atoms with E-state index in [9.17, 15) is 13.2 Å². The molecule has 0 aromatic heterocycles. The molecule has 2 unspecified atom stereocenters. The molecule has 2 saturated heterocycles. The largest absolute Gasteiger partial charge is 0.493 e. The van der Waals surface area contributed by atoms with E-state index >= 15 is 8.78 Å². The second-order valence-corrected chi connectivity index (χ2v) is 15.1. The van der Waals surface area contributed by atoms with Crippen LogP contribution in [0.15, 0.2) is 77.7 Å². The zero-order valence-electron chi connectivity index (χ0n) is 25.6. The summed E-state index contributed by atoms with van der Waals surface area (Å²) in [6, 6.07) is 15.1. The number of nitrogens with one attached hydrogen (secondary N) is 1. The molecule has 1 amide bonds. The Bertz CT molecular complexity index is 1600. The van der Waals surface area contributed by atoms with E-state index in [1.54, 1.807) is 24.3 Å². The summed E-state index contributed by atoms with van der Waals surface area (Å²) in [5.41, 5.74) is 7.16. The van der Waals surface area contributed by atoms with Crippen LogP contribution in [0.4, 0.5) is 8.78 Å². The zero-order chi connectivity index (χ0) is 32.5. The number of carbonyl (C=O) groups is 1. The summed E-state index contributed by atoms with van der Waals surface area (Å²) in [6.07, 6.45) is 8.08. The molecule has 3 aromatic rings. The van der Waals surface area contributed by atoms with Crippen molar-refractivity contribution in [3.8, 4) is 16.9 Å². The molecule has 246 valence electrons. The fraction of sp³-hybridized carbons (Fsp3) is 0.457. The summed E-state index contributed by atoms with van der Waals surface area (Å²) < 4.78 is 68.3. The van der Waals surface area contributed by atoms with E-state index in [1.165, 1.54) is 72.7 Å². The SMILES string of the molecule is NC1CC2CCC(C1)N2C(=O)[C@H](NS(=O)(=O)c1ccc(OCC2CCCCC2)cc1)C(F)(F)c1ccc(-c2ccc(Cl)cc2)cc1. The molecule has 2 heterocycles. The van der Waals surface area contributed by atoms with Gasteiger partial charge in [-0.05, 0) is 92.0 Å². The number of halogens is 3. The van der Waals surface area contributed by atoms with Crippen molar-refractivity contribution in [2.75, 3.05) is 6.61 Å². The van der Waals surface area contributed by atoms with Gasteiger partial charge < -0.3 is 15.4 Å². The number of amides is 1. The van der Waals surface area contributed by atoms with Gasteiger partial charge in [0.05, 0.1) is 11.5 Å². The van der Waals surface area contributed by atoms with Crippen molar-refractivity contribution in [3.63, 3.8) is 0 Å². The van der Waals surface area contributed by atoms with Gasteiger partial charge in [0.2, 0.25) is 15.9 Å². The van der Waals surface area contributed by atoms with Gasteiger partial charge in [-0.2, -0.15) is 13.5 Å². The maximum Gasteiger partial charge on any atom is 0.298 e. The van der Waals surface area contributed by atoms with Crippen LogP contribution >= 0.6 is 11.6 Å². The van der Waals surface area contributed by atoms with Crippen molar-refractivity contribution in [1.29, 1.82) is 0 Å². The van der Waals surface area contributed by atoms with Gasteiger partial charge >= 0.3 is 0 Å². The zero-order valence-corrected chi connectivity index (χ0v) is 27.2. The summed E-state index contributed by atoms with van der Waals surface area (Å²) in [7, 11) is -4.54. The summed E-state index contributed by atoms with van der Waals surface area (Å²) >= 11 is 5.99. The fourth-order valence-corrected chi connectivity index (χ4v) is 8.52. The minimum Gasteiger partial charge on any atom is -0.493 e. The van der Waals surface area contributed by atoms with Crippen LogP contribution < -0.4 is 15.2 Å². The number of hydrogen-bond donors (Lipinski definition) is 2. The van der Waals surface area contributed by atoms with E-state index in [0.29, 0.717) is 54.5 Å². The van der Waals surface area contributed by atoms with Crippen LogP contribution in [0.25, 0.3) is 11.1 Å². The number of piperidine rings is 1. The van der Waals surface area contributed by atoms with E-state index in [-0.39, 0.29) is 23.0 Å². The number of nitrogens with two attached hydrogens (primary N) is 1.